The predicted molar refractivity (Wildman–Crippen MR) is 61.4 cm³/mol. The Morgan fingerprint density at radius 1 is 1.25 bits per heavy atom. The molecule has 4 nitrogen and oxygen atoms in total. The van der Waals surface area contributed by atoms with E-state index < -0.39 is 0 Å². The van der Waals surface area contributed by atoms with Crippen molar-refractivity contribution in [3.05, 3.63) is 35.9 Å². The highest BCUT2D eigenvalue weighted by Gasteiger charge is 2.08. The van der Waals surface area contributed by atoms with Crippen LogP contribution in [0.3, 0.4) is 0 Å². The topological polar surface area (TPSA) is 47.9 Å². The van der Waals surface area contributed by atoms with Gasteiger partial charge in [-0.3, -0.25) is 0 Å². The van der Waals surface area contributed by atoms with Gasteiger partial charge in [0.2, 0.25) is 11.2 Å². The largest absolute Gasteiger partial charge is 0.477 e. The lowest BCUT2D eigenvalue weighted by atomic mass is 10.2. The zero-order valence-electron chi connectivity index (χ0n) is 8.72. The molecule has 0 spiro atoms. The molecule has 0 aliphatic rings. The molecule has 2 rings (SSSR count). The number of ether oxygens (including phenoxy) is 1. The molecule has 0 amide bonds. The van der Waals surface area contributed by atoms with E-state index >= 15 is 0 Å². The van der Waals surface area contributed by atoms with Crippen LogP contribution < -0.4 is 4.74 Å². The van der Waals surface area contributed by atoms with E-state index in [4.69, 9.17) is 16.3 Å². The minimum absolute atomic E-state index is 0.212. The Bertz CT molecular complexity index is 490. The van der Waals surface area contributed by atoms with Gasteiger partial charge in [0.05, 0.1) is 17.9 Å². The molecule has 0 N–H and O–H groups in total. The lowest BCUT2D eigenvalue weighted by Crippen LogP contribution is -1.97. The minimum Gasteiger partial charge on any atom is -0.477 e. The number of halogens is 1. The fourth-order valence-corrected chi connectivity index (χ4v) is 1.47. The third-order valence-corrected chi connectivity index (χ3v) is 2.14. The van der Waals surface area contributed by atoms with E-state index in [-0.39, 0.29) is 5.28 Å². The fourth-order valence-electron chi connectivity index (χ4n) is 1.32. The van der Waals surface area contributed by atoms with Gasteiger partial charge in [-0.1, -0.05) is 0 Å². The molecular weight excluding hydrogens is 226 g/mol. The summed E-state index contributed by atoms with van der Waals surface area (Å²) in [6.07, 6.45) is 3.28. The molecule has 0 radical (unpaired) electrons. The van der Waals surface area contributed by atoms with Gasteiger partial charge in [-0.15, -0.1) is 0 Å². The van der Waals surface area contributed by atoms with Crippen LogP contribution in [0.5, 0.6) is 5.88 Å². The van der Waals surface area contributed by atoms with E-state index in [0.29, 0.717) is 18.2 Å². The monoisotopic (exact) mass is 235 g/mol. The second-order valence-corrected chi connectivity index (χ2v) is 3.34. The van der Waals surface area contributed by atoms with Gasteiger partial charge in [-0.25, -0.2) is 15.0 Å². The van der Waals surface area contributed by atoms with Crippen LogP contribution in [0.2, 0.25) is 5.28 Å². The van der Waals surface area contributed by atoms with Crippen LogP contribution in [0.4, 0.5) is 0 Å². The van der Waals surface area contributed by atoms with Crippen molar-refractivity contribution in [3.63, 3.8) is 0 Å². The maximum absolute atomic E-state index is 5.74. The molecule has 0 aliphatic carbocycles. The highest BCUT2D eigenvalue weighted by molar-refractivity contribution is 6.28. The van der Waals surface area contributed by atoms with Crippen LogP contribution in [0.1, 0.15) is 6.92 Å². The summed E-state index contributed by atoms with van der Waals surface area (Å²) in [5.74, 6) is 0.555. The first-order valence-corrected chi connectivity index (χ1v) is 5.26. The van der Waals surface area contributed by atoms with Gasteiger partial charge in [0.25, 0.3) is 0 Å². The van der Waals surface area contributed by atoms with Crippen LogP contribution in [-0.2, 0) is 0 Å². The van der Waals surface area contributed by atoms with Crippen molar-refractivity contribution in [2.24, 2.45) is 0 Å². The quantitative estimate of drug-likeness (QED) is 0.768. The third-order valence-electron chi connectivity index (χ3n) is 1.95. The molecule has 0 aromatic carbocycles. The third kappa shape index (κ3) is 2.28. The second kappa shape index (κ2) is 4.90. The number of hydrogen-bond acceptors (Lipinski definition) is 4. The molecule has 0 atom stereocenters. The summed E-state index contributed by atoms with van der Waals surface area (Å²) in [6.45, 7) is 2.47. The molecule has 0 saturated heterocycles. The Balaban J connectivity index is 2.46. The zero-order valence-corrected chi connectivity index (χ0v) is 9.48. The lowest BCUT2D eigenvalue weighted by molar-refractivity contribution is 0.328. The zero-order chi connectivity index (χ0) is 11.4. The Labute approximate surface area is 98.3 Å². The first-order chi connectivity index (χ1) is 7.81. The van der Waals surface area contributed by atoms with Crippen LogP contribution in [0.25, 0.3) is 11.3 Å². The van der Waals surface area contributed by atoms with Gasteiger partial charge in [0.15, 0.2) is 0 Å². The highest BCUT2D eigenvalue weighted by Crippen LogP contribution is 2.26. The predicted octanol–water partition coefficient (Wildman–Crippen LogP) is 2.59. The Morgan fingerprint density at radius 2 is 2.12 bits per heavy atom. The van der Waals surface area contributed by atoms with Gasteiger partial charge < -0.3 is 4.74 Å². The Hall–Kier alpha value is -1.68. The van der Waals surface area contributed by atoms with Gasteiger partial charge in [-0.05, 0) is 36.7 Å². The van der Waals surface area contributed by atoms with E-state index in [1.807, 2.05) is 19.1 Å². The lowest BCUT2D eigenvalue weighted by Gasteiger charge is -2.07. The van der Waals surface area contributed by atoms with Crippen molar-refractivity contribution in [3.8, 4) is 17.1 Å². The van der Waals surface area contributed by atoms with Gasteiger partial charge in [-0.2, -0.15) is 0 Å². The summed E-state index contributed by atoms with van der Waals surface area (Å²) in [4.78, 5) is 12.1. The van der Waals surface area contributed by atoms with Crippen molar-refractivity contribution in [1.29, 1.82) is 0 Å². The maximum atomic E-state index is 5.74. The van der Waals surface area contributed by atoms with Gasteiger partial charge in [0.1, 0.15) is 0 Å². The normalized spacial score (nSPS) is 10.1. The average molecular weight is 236 g/mol. The molecular formula is C11H10ClN3O. The molecule has 5 heteroatoms. The van der Waals surface area contributed by atoms with Crippen LogP contribution >= 0.6 is 11.6 Å². The molecule has 16 heavy (non-hydrogen) atoms. The van der Waals surface area contributed by atoms with Crippen LogP contribution in [0, 0.1) is 0 Å². The first-order valence-electron chi connectivity index (χ1n) is 4.88. The van der Waals surface area contributed by atoms with E-state index in [2.05, 4.69) is 15.0 Å². The standard InChI is InChI=1S/C11H10ClN3O/c1-2-16-10-8(4-3-6-13-10)9-5-7-14-11(12)15-9/h3-7H,2H2,1H3. The summed E-state index contributed by atoms with van der Waals surface area (Å²) >= 11 is 5.74. The number of nitrogens with zero attached hydrogens (tertiary/aromatic N) is 3. The molecule has 0 bridgehead atoms. The molecule has 0 unspecified atom stereocenters. The van der Waals surface area contributed by atoms with E-state index in [1.54, 1.807) is 18.5 Å². The van der Waals surface area contributed by atoms with E-state index in [0.717, 1.165) is 5.56 Å². The van der Waals surface area contributed by atoms with Gasteiger partial charge >= 0.3 is 0 Å². The van der Waals surface area contributed by atoms with Crippen molar-refractivity contribution in [2.75, 3.05) is 6.61 Å². The molecule has 0 saturated carbocycles. The summed E-state index contributed by atoms with van der Waals surface area (Å²) < 4.78 is 5.42. The molecule has 2 aromatic rings. The molecule has 0 aliphatic heterocycles. The highest BCUT2D eigenvalue weighted by atomic mass is 35.5. The Kier molecular flexibility index (Phi) is 3.31. The number of pyridine rings is 1. The van der Waals surface area contributed by atoms with Crippen molar-refractivity contribution in [2.45, 2.75) is 6.92 Å². The van der Waals surface area contributed by atoms with E-state index in [9.17, 15) is 0 Å². The van der Waals surface area contributed by atoms with Crippen LogP contribution in [-0.4, -0.2) is 21.6 Å². The van der Waals surface area contributed by atoms with E-state index in [1.165, 1.54) is 0 Å². The molecule has 0 fully saturated rings. The first kappa shape index (κ1) is 10.8. The smallest absolute Gasteiger partial charge is 0.222 e. The summed E-state index contributed by atoms with van der Waals surface area (Å²) in [6, 6.07) is 5.48. The second-order valence-electron chi connectivity index (χ2n) is 3.00. The number of rotatable bonds is 3. The van der Waals surface area contributed by atoms with Crippen molar-refractivity contribution >= 4 is 11.6 Å². The number of hydrogen-bond donors (Lipinski definition) is 0. The minimum atomic E-state index is 0.212. The molecule has 2 aromatic heterocycles. The van der Waals surface area contributed by atoms with Gasteiger partial charge in [0, 0.05) is 12.4 Å². The SMILES string of the molecule is CCOc1ncccc1-c1ccnc(Cl)n1. The van der Waals surface area contributed by atoms with Crippen molar-refractivity contribution in [1.82, 2.24) is 15.0 Å². The molecule has 82 valence electrons. The maximum Gasteiger partial charge on any atom is 0.222 e. The number of aromatic nitrogens is 3. The summed E-state index contributed by atoms with van der Waals surface area (Å²) in [5.41, 5.74) is 1.52. The summed E-state index contributed by atoms with van der Waals surface area (Å²) in [7, 11) is 0. The Morgan fingerprint density at radius 3 is 2.88 bits per heavy atom. The molecule has 2 heterocycles. The van der Waals surface area contributed by atoms with Crippen LogP contribution in [0.15, 0.2) is 30.6 Å². The summed E-state index contributed by atoms with van der Waals surface area (Å²) in [5, 5.41) is 0.212. The van der Waals surface area contributed by atoms with Crippen molar-refractivity contribution < 1.29 is 4.74 Å². The fraction of sp³-hybridized carbons (Fsp3) is 0.182. The average Bonchev–Trinajstić information content (AvgIpc) is 2.30.